The standard InChI is InChI=1S/C18H22N2O3/c1-18(2,3)16(21)12-5-7-13(8-6-12)20-10-9-15(23-4)14(11-19)17(20)22/h5-8,16,21H,9-10H2,1-4H3. The molecule has 0 saturated heterocycles. The topological polar surface area (TPSA) is 73.6 Å². The van der Waals surface area contributed by atoms with Gasteiger partial charge < -0.3 is 14.7 Å². The van der Waals surface area contributed by atoms with Gasteiger partial charge in [-0.15, -0.1) is 0 Å². The number of methoxy groups -OCH3 is 1. The zero-order valence-corrected chi connectivity index (χ0v) is 14.0. The van der Waals surface area contributed by atoms with E-state index in [1.807, 2.05) is 39.0 Å². The number of amides is 1. The SMILES string of the molecule is COC1=C(C#N)C(=O)N(c2ccc(C(O)C(C)(C)C)cc2)CC1. The van der Waals surface area contributed by atoms with Crippen LogP contribution in [0.1, 0.15) is 38.9 Å². The van der Waals surface area contributed by atoms with Crippen molar-refractivity contribution in [2.24, 2.45) is 5.41 Å². The zero-order valence-electron chi connectivity index (χ0n) is 14.0. The summed E-state index contributed by atoms with van der Waals surface area (Å²) in [6.45, 7) is 6.37. The van der Waals surface area contributed by atoms with Gasteiger partial charge in [0.15, 0.2) is 5.57 Å². The first-order chi connectivity index (χ1) is 10.8. The number of carbonyl (C=O) groups excluding carboxylic acids is 1. The number of hydrogen-bond donors (Lipinski definition) is 1. The summed E-state index contributed by atoms with van der Waals surface area (Å²) < 4.78 is 5.11. The van der Waals surface area contributed by atoms with Crippen molar-refractivity contribution in [1.82, 2.24) is 0 Å². The molecule has 1 unspecified atom stereocenters. The fourth-order valence-electron chi connectivity index (χ4n) is 2.59. The molecule has 0 aliphatic carbocycles. The highest BCUT2D eigenvalue weighted by Gasteiger charge is 2.29. The molecule has 5 nitrogen and oxygen atoms in total. The fourth-order valence-corrected chi connectivity index (χ4v) is 2.59. The van der Waals surface area contributed by atoms with E-state index in [1.165, 1.54) is 7.11 Å². The molecule has 0 aromatic heterocycles. The summed E-state index contributed by atoms with van der Waals surface area (Å²) in [5.41, 5.74) is 1.31. The lowest BCUT2D eigenvalue weighted by atomic mass is 9.85. The summed E-state index contributed by atoms with van der Waals surface area (Å²) >= 11 is 0. The molecule has 1 aromatic carbocycles. The number of nitriles is 1. The molecule has 23 heavy (non-hydrogen) atoms. The Labute approximate surface area is 136 Å². The summed E-state index contributed by atoms with van der Waals surface area (Å²) in [6, 6.07) is 9.17. The van der Waals surface area contributed by atoms with E-state index < -0.39 is 6.10 Å². The maximum absolute atomic E-state index is 12.4. The van der Waals surface area contributed by atoms with Gasteiger partial charge in [0, 0.05) is 18.7 Å². The lowest BCUT2D eigenvalue weighted by Gasteiger charge is -2.29. The van der Waals surface area contributed by atoms with E-state index in [9.17, 15) is 9.90 Å². The largest absolute Gasteiger partial charge is 0.499 e. The minimum atomic E-state index is -0.580. The van der Waals surface area contributed by atoms with Crippen LogP contribution >= 0.6 is 0 Å². The van der Waals surface area contributed by atoms with Crippen LogP contribution in [-0.2, 0) is 9.53 Å². The van der Waals surface area contributed by atoms with Crippen LogP contribution in [0, 0.1) is 16.7 Å². The van der Waals surface area contributed by atoms with Crippen LogP contribution < -0.4 is 4.90 Å². The third kappa shape index (κ3) is 3.38. The summed E-state index contributed by atoms with van der Waals surface area (Å²) in [5.74, 6) is 0.0910. The van der Waals surface area contributed by atoms with Crippen molar-refractivity contribution in [2.75, 3.05) is 18.6 Å². The van der Waals surface area contributed by atoms with E-state index in [0.717, 1.165) is 5.56 Å². The molecule has 5 heteroatoms. The van der Waals surface area contributed by atoms with E-state index in [4.69, 9.17) is 10.00 Å². The first kappa shape index (κ1) is 17.0. The number of hydrogen-bond acceptors (Lipinski definition) is 4. The van der Waals surface area contributed by atoms with Gasteiger partial charge in [0.2, 0.25) is 0 Å². The monoisotopic (exact) mass is 314 g/mol. The number of anilines is 1. The summed E-state index contributed by atoms with van der Waals surface area (Å²) in [6.07, 6.45) is -0.0689. The van der Waals surface area contributed by atoms with Crippen molar-refractivity contribution < 1.29 is 14.6 Å². The average Bonchev–Trinajstić information content (AvgIpc) is 2.53. The maximum atomic E-state index is 12.4. The van der Waals surface area contributed by atoms with Crippen molar-refractivity contribution >= 4 is 11.6 Å². The number of ether oxygens (including phenoxy) is 1. The van der Waals surface area contributed by atoms with E-state index in [-0.39, 0.29) is 16.9 Å². The number of rotatable bonds is 3. The predicted molar refractivity (Wildman–Crippen MR) is 87.5 cm³/mol. The Bertz CT molecular complexity index is 663. The number of benzene rings is 1. The Morgan fingerprint density at radius 2 is 1.91 bits per heavy atom. The van der Waals surface area contributed by atoms with Crippen molar-refractivity contribution in [1.29, 1.82) is 5.26 Å². The molecule has 0 spiro atoms. The molecule has 1 N–H and O–H groups in total. The van der Waals surface area contributed by atoms with Crippen LogP contribution in [0.3, 0.4) is 0 Å². The Hall–Kier alpha value is -2.32. The van der Waals surface area contributed by atoms with Gasteiger partial charge in [-0.2, -0.15) is 5.26 Å². The van der Waals surface area contributed by atoms with Gasteiger partial charge in [-0.3, -0.25) is 4.79 Å². The Balaban J connectivity index is 2.26. The van der Waals surface area contributed by atoms with Gasteiger partial charge in [-0.25, -0.2) is 0 Å². The normalized spacial score (nSPS) is 17.0. The van der Waals surface area contributed by atoms with Crippen molar-refractivity contribution in [2.45, 2.75) is 33.3 Å². The lowest BCUT2D eigenvalue weighted by Crippen LogP contribution is -2.37. The Kier molecular flexibility index (Phi) is 4.76. The molecule has 2 rings (SSSR count). The second-order valence-electron chi connectivity index (χ2n) is 6.68. The number of aliphatic hydroxyl groups is 1. The van der Waals surface area contributed by atoms with Crippen molar-refractivity contribution in [3.05, 3.63) is 41.2 Å². The lowest BCUT2D eigenvalue weighted by molar-refractivity contribution is -0.115. The quantitative estimate of drug-likeness (QED) is 0.931. The highest BCUT2D eigenvalue weighted by Crippen LogP contribution is 2.33. The van der Waals surface area contributed by atoms with Gasteiger partial charge in [0.05, 0.1) is 13.2 Å². The molecule has 0 bridgehead atoms. The number of nitrogens with zero attached hydrogens (tertiary/aromatic N) is 2. The van der Waals surface area contributed by atoms with E-state index in [0.29, 0.717) is 24.4 Å². The highest BCUT2D eigenvalue weighted by atomic mass is 16.5. The molecule has 1 amide bonds. The second kappa shape index (κ2) is 6.43. The predicted octanol–water partition coefficient (Wildman–Crippen LogP) is 2.93. The van der Waals surface area contributed by atoms with E-state index >= 15 is 0 Å². The summed E-state index contributed by atoms with van der Waals surface area (Å²) in [7, 11) is 1.47. The number of aliphatic hydroxyl groups excluding tert-OH is 1. The summed E-state index contributed by atoms with van der Waals surface area (Å²) in [5, 5.41) is 19.5. The second-order valence-corrected chi connectivity index (χ2v) is 6.68. The van der Waals surface area contributed by atoms with Crippen molar-refractivity contribution in [3.63, 3.8) is 0 Å². The van der Waals surface area contributed by atoms with Gasteiger partial charge in [-0.1, -0.05) is 32.9 Å². The molecule has 1 aromatic rings. The molecular formula is C18H22N2O3. The molecule has 1 heterocycles. The van der Waals surface area contributed by atoms with Gasteiger partial charge in [0.25, 0.3) is 5.91 Å². The smallest absolute Gasteiger partial charge is 0.272 e. The minimum absolute atomic E-state index is 0.0533. The summed E-state index contributed by atoms with van der Waals surface area (Å²) in [4.78, 5) is 14.0. The van der Waals surface area contributed by atoms with Crippen LogP contribution in [0.4, 0.5) is 5.69 Å². The van der Waals surface area contributed by atoms with Gasteiger partial charge in [0.1, 0.15) is 11.8 Å². The van der Waals surface area contributed by atoms with E-state index in [1.54, 1.807) is 17.0 Å². The Morgan fingerprint density at radius 3 is 2.39 bits per heavy atom. The molecule has 122 valence electrons. The number of carbonyl (C=O) groups is 1. The van der Waals surface area contributed by atoms with Crippen LogP contribution in [0.2, 0.25) is 0 Å². The van der Waals surface area contributed by atoms with Crippen LogP contribution in [0.15, 0.2) is 35.6 Å². The zero-order chi connectivity index (χ0) is 17.2. The molecule has 1 atom stereocenters. The average molecular weight is 314 g/mol. The fraction of sp³-hybridized carbons (Fsp3) is 0.444. The molecular weight excluding hydrogens is 292 g/mol. The van der Waals surface area contributed by atoms with Crippen LogP contribution in [0.25, 0.3) is 0 Å². The first-order valence-electron chi connectivity index (χ1n) is 7.56. The minimum Gasteiger partial charge on any atom is -0.499 e. The van der Waals surface area contributed by atoms with Gasteiger partial charge >= 0.3 is 0 Å². The van der Waals surface area contributed by atoms with E-state index in [2.05, 4.69) is 0 Å². The molecule has 1 aliphatic rings. The highest BCUT2D eigenvalue weighted by molar-refractivity contribution is 6.09. The van der Waals surface area contributed by atoms with Crippen LogP contribution in [-0.4, -0.2) is 24.7 Å². The maximum Gasteiger partial charge on any atom is 0.272 e. The molecule has 0 saturated carbocycles. The van der Waals surface area contributed by atoms with Gasteiger partial charge in [-0.05, 0) is 23.1 Å². The van der Waals surface area contributed by atoms with Crippen molar-refractivity contribution in [3.8, 4) is 6.07 Å². The first-order valence-corrected chi connectivity index (χ1v) is 7.56. The molecule has 0 radical (unpaired) electrons. The molecule has 1 aliphatic heterocycles. The third-order valence-corrected chi connectivity index (χ3v) is 4.00. The van der Waals surface area contributed by atoms with Crippen LogP contribution in [0.5, 0.6) is 0 Å². The molecule has 0 fully saturated rings. The third-order valence-electron chi connectivity index (χ3n) is 4.00. The Morgan fingerprint density at radius 1 is 1.30 bits per heavy atom.